The zero-order chi connectivity index (χ0) is 12.5. The van der Waals surface area contributed by atoms with Gasteiger partial charge in [-0.3, -0.25) is 4.99 Å². The Morgan fingerprint density at radius 1 is 1.41 bits per heavy atom. The number of nitrogens with two attached hydrogens (primary N) is 1. The van der Waals surface area contributed by atoms with Crippen molar-refractivity contribution in [3.8, 4) is 0 Å². The molecule has 1 rings (SSSR count). The topological polar surface area (TPSA) is 50.4 Å². The predicted octanol–water partition coefficient (Wildman–Crippen LogP) is 2.50. The fourth-order valence-electron chi connectivity index (χ4n) is 1.91. The largest absolute Gasteiger partial charge is 0.312 e. The molecule has 3 nitrogen and oxygen atoms in total. The number of hydrazine groups is 1. The van der Waals surface area contributed by atoms with Crippen molar-refractivity contribution in [2.24, 2.45) is 16.8 Å². The molecule has 0 aromatic rings. The normalized spacial score (nSPS) is 21.8. The second-order valence-corrected chi connectivity index (χ2v) is 4.01. The molecule has 0 saturated heterocycles. The summed E-state index contributed by atoms with van der Waals surface area (Å²) in [7, 11) is 0. The smallest absolute Gasteiger partial charge is 0.110 e. The van der Waals surface area contributed by atoms with E-state index < -0.39 is 0 Å². The van der Waals surface area contributed by atoms with Crippen LogP contribution in [0.15, 0.2) is 54.1 Å². The summed E-state index contributed by atoms with van der Waals surface area (Å²) in [6, 6.07) is 0. The highest BCUT2D eigenvalue weighted by Gasteiger charge is 2.15. The van der Waals surface area contributed by atoms with Crippen LogP contribution in [0.25, 0.3) is 0 Å². The number of rotatable bonds is 4. The molecule has 1 atom stereocenters. The van der Waals surface area contributed by atoms with Gasteiger partial charge in [-0.2, -0.15) is 0 Å². The lowest BCUT2D eigenvalue weighted by Gasteiger charge is -2.13. The number of aliphatic imine (C=N–C) groups is 1. The van der Waals surface area contributed by atoms with E-state index in [-0.39, 0.29) is 0 Å². The van der Waals surface area contributed by atoms with E-state index in [4.69, 9.17) is 5.84 Å². The molecule has 1 heterocycles. The zero-order valence-corrected chi connectivity index (χ0v) is 10.2. The van der Waals surface area contributed by atoms with Crippen LogP contribution in [0.2, 0.25) is 0 Å². The molecule has 1 aliphatic rings. The van der Waals surface area contributed by atoms with E-state index in [1.807, 2.05) is 18.2 Å². The Bertz CT molecular complexity index is 350. The summed E-state index contributed by atoms with van der Waals surface area (Å²) in [4.78, 5) is 4.47. The Morgan fingerprint density at radius 3 is 2.88 bits per heavy atom. The second-order valence-electron chi connectivity index (χ2n) is 4.01. The first-order valence-corrected chi connectivity index (χ1v) is 5.93. The van der Waals surface area contributed by atoms with Gasteiger partial charge in [0.25, 0.3) is 0 Å². The van der Waals surface area contributed by atoms with Crippen LogP contribution >= 0.6 is 0 Å². The van der Waals surface area contributed by atoms with Gasteiger partial charge in [0.1, 0.15) is 5.84 Å². The third-order valence-corrected chi connectivity index (χ3v) is 2.88. The van der Waals surface area contributed by atoms with Gasteiger partial charge in [-0.25, -0.2) is 5.84 Å². The van der Waals surface area contributed by atoms with Gasteiger partial charge in [0, 0.05) is 18.9 Å². The second kappa shape index (κ2) is 7.63. The lowest BCUT2D eigenvalue weighted by Crippen LogP contribution is -2.29. The standard InChI is InChI=1S/C14H21N3/c1-3-5-6-8-12(4-2)13-9-7-10-14(17-15)16-11-13/h3-6,8,13H,1-2,7,9-11,15H2,(H,16,17)/b6-5-,12-8+. The van der Waals surface area contributed by atoms with Crippen molar-refractivity contribution < 1.29 is 0 Å². The van der Waals surface area contributed by atoms with Crippen molar-refractivity contribution in [1.29, 1.82) is 0 Å². The van der Waals surface area contributed by atoms with Crippen LogP contribution in [-0.2, 0) is 0 Å². The Hall–Kier alpha value is -1.61. The van der Waals surface area contributed by atoms with E-state index in [9.17, 15) is 0 Å². The summed E-state index contributed by atoms with van der Waals surface area (Å²) >= 11 is 0. The molecule has 3 heteroatoms. The van der Waals surface area contributed by atoms with Gasteiger partial charge >= 0.3 is 0 Å². The Labute approximate surface area is 103 Å². The molecule has 0 spiro atoms. The minimum atomic E-state index is 0.438. The lowest BCUT2D eigenvalue weighted by atomic mass is 9.93. The minimum absolute atomic E-state index is 0.438. The summed E-state index contributed by atoms with van der Waals surface area (Å²) in [6.07, 6.45) is 12.8. The first-order valence-electron chi connectivity index (χ1n) is 5.93. The van der Waals surface area contributed by atoms with Crippen LogP contribution in [0.3, 0.4) is 0 Å². The maximum atomic E-state index is 5.39. The summed E-state index contributed by atoms with van der Waals surface area (Å²) in [6.45, 7) is 8.29. The van der Waals surface area contributed by atoms with E-state index in [0.29, 0.717) is 5.92 Å². The quantitative estimate of drug-likeness (QED) is 0.444. The molecular weight excluding hydrogens is 210 g/mol. The van der Waals surface area contributed by atoms with Crippen molar-refractivity contribution in [3.05, 3.63) is 49.1 Å². The average Bonchev–Trinajstić information content (AvgIpc) is 2.60. The molecule has 0 aliphatic carbocycles. The number of hydrogen-bond acceptors (Lipinski definition) is 3. The van der Waals surface area contributed by atoms with E-state index in [1.165, 1.54) is 5.57 Å². The van der Waals surface area contributed by atoms with Gasteiger partial charge in [-0.05, 0) is 18.4 Å². The van der Waals surface area contributed by atoms with Gasteiger partial charge in [0.15, 0.2) is 0 Å². The maximum absolute atomic E-state index is 5.39. The number of nitrogens with one attached hydrogen (secondary N) is 1. The first kappa shape index (κ1) is 13.5. The zero-order valence-electron chi connectivity index (χ0n) is 10.2. The molecular formula is C14H21N3. The molecule has 17 heavy (non-hydrogen) atoms. The molecule has 0 saturated carbocycles. The Kier molecular flexibility index (Phi) is 6.04. The molecule has 0 aromatic heterocycles. The molecule has 3 N–H and O–H groups in total. The van der Waals surface area contributed by atoms with Crippen LogP contribution < -0.4 is 11.3 Å². The van der Waals surface area contributed by atoms with Crippen molar-refractivity contribution in [1.82, 2.24) is 5.43 Å². The molecule has 92 valence electrons. The van der Waals surface area contributed by atoms with E-state index >= 15 is 0 Å². The fraction of sp³-hybridized carbons (Fsp3) is 0.357. The van der Waals surface area contributed by atoms with E-state index in [2.05, 4.69) is 29.7 Å². The lowest BCUT2D eigenvalue weighted by molar-refractivity contribution is 0.578. The highest BCUT2D eigenvalue weighted by atomic mass is 15.2. The molecule has 0 amide bonds. The van der Waals surface area contributed by atoms with E-state index in [1.54, 1.807) is 6.08 Å². The van der Waals surface area contributed by atoms with Crippen LogP contribution in [-0.4, -0.2) is 12.4 Å². The molecule has 0 fully saturated rings. The SMILES string of the molecule is C=C/C=C\C=C(/C=C)C1CCCC(NN)=NC1. The van der Waals surface area contributed by atoms with Crippen molar-refractivity contribution in [2.75, 3.05) is 6.54 Å². The highest BCUT2D eigenvalue weighted by molar-refractivity contribution is 5.81. The van der Waals surface area contributed by atoms with Gasteiger partial charge in [0.05, 0.1) is 0 Å². The van der Waals surface area contributed by atoms with E-state index in [0.717, 1.165) is 31.6 Å². The summed E-state index contributed by atoms with van der Waals surface area (Å²) in [5.74, 6) is 6.73. The van der Waals surface area contributed by atoms with Gasteiger partial charge in [-0.15, -0.1) is 0 Å². The van der Waals surface area contributed by atoms with Crippen LogP contribution in [0.4, 0.5) is 0 Å². The average molecular weight is 231 g/mol. The first-order chi connectivity index (χ1) is 8.31. The van der Waals surface area contributed by atoms with Gasteiger partial charge in [0.2, 0.25) is 0 Å². The van der Waals surface area contributed by atoms with Gasteiger partial charge in [-0.1, -0.05) is 43.5 Å². The van der Waals surface area contributed by atoms with Crippen molar-refractivity contribution in [3.63, 3.8) is 0 Å². The third-order valence-electron chi connectivity index (χ3n) is 2.88. The minimum Gasteiger partial charge on any atom is -0.312 e. The predicted molar refractivity (Wildman–Crippen MR) is 74.6 cm³/mol. The van der Waals surface area contributed by atoms with Crippen molar-refractivity contribution >= 4 is 5.84 Å². The third kappa shape index (κ3) is 4.41. The molecule has 1 unspecified atom stereocenters. The van der Waals surface area contributed by atoms with Crippen molar-refractivity contribution in [2.45, 2.75) is 19.3 Å². The fourth-order valence-corrected chi connectivity index (χ4v) is 1.91. The molecule has 0 radical (unpaired) electrons. The number of amidine groups is 1. The maximum Gasteiger partial charge on any atom is 0.110 e. The number of nitrogens with zero attached hydrogens (tertiary/aromatic N) is 1. The highest BCUT2D eigenvalue weighted by Crippen LogP contribution is 2.22. The molecule has 1 aliphatic heterocycles. The van der Waals surface area contributed by atoms with Crippen LogP contribution in [0.1, 0.15) is 19.3 Å². The van der Waals surface area contributed by atoms with Crippen LogP contribution in [0, 0.1) is 5.92 Å². The van der Waals surface area contributed by atoms with Gasteiger partial charge < -0.3 is 5.43 Å². The molecule has 0 aromatic carbocycles. The summed E-state index contributed by atoms with van der Waals surface area (Å²) in [5.41, 5.74) is 3.88. The number of hydrogen-bond donors (Lipinski definition) is 2. The van der Waals surface area contributed by atoms with Crippen LogP contribution in [0.5, 0.6) is 0 Å². The Morgan fingerprint density at radius 2 is 2.24 bits per heavy atom. The molecule has 0 bridgehead atoms. The monoisotopic (exact) mass is 231 g/mol. The Balaban J connectivity index is 2.72. The summed E-state index contributed by atoms with van der Waals surface area (Å²) in [5, 5.41) is 0. The summed E-state index contributed by atoms with van der Waals surface area (Å²) < 4.78 is 0. The number of allylic oxidation sites excluding steroid dienone is 5.